The molecule has 16 heavy (non-hydrogen) atoms. The van der Waals surface area contributed by atoms with E-state index in [1.165, 1.54) is 13.0 Å². The molecule has 1 aliphatic rings. The molecule has 94 valence electrons. The quantitative estimate of drug-likeness (QED) is 0.692. The van der Waals surface area contributed by atoms with Gasteiger partial charge < -0.3 is 16.0 Å². The molecule has 3 N–H and O–H groups in total. The van der Waals surface area contributed by atoms with Crippen LogP contribution in [0.15, 0.2) is 0 Å². The van der Waals surface area contributed by atoms with E-state index in [0.29, 0.717) is 12.5 Å². The molecule has 1 amide bonds. The number of nitrogens with zero attached hydrogens (tertiary/aromatic N) is 1. The second-order valence-electron chi connectivity index (χ2n) is 4.77. The highest BCUT2D eigenvalue weighted by Gasteiger charge is 2.22. The molecule has 1 heterocycles. The minimum atomic E-state index is 0.0497. The number of nitrogens with two attached hydrogens (primary N) is 1. The van der Waals surface area contributed by atoms with Crippen molar-refractivity contribution >= 4 is 5.91 Å². The van der Waals surface area contributed by atoms with E-state index in [0.717, 1.165) is 26.1 Å². The fourth-order valence-electron chi connectivity index (χ4n) is 2.17. The summed E-state index contributed by atoms with van der Waals surface area (Å²) in [7, 11) is 0. The highest BCUT2D eigenvalue weighted by molar-refractivity contribution is 5.78. The molecular weight excluding hydrogens is 202 g/mol. The summed E-state index contributed by atoms with van der Waals surface area (Å²) >= 11 is 0. The van der Waals surface area contributed by atoms with Crippen molar-refractivity contribution in [3.63, 3.8) is 0 Å². The SMILES string of the molecule is CCN1CCC(CNC(=O)C(C)CCN)C1. The van der Waals surface area contributed by atoms with Gasteiger partial charge in [-0.1, -0.05) is 13.8 Å². The summed E-state index contributed by atoms with van der Waals surface area (Å²) in [6.45, 7) is 8.96. The van der Waals surface area contributed by atoms with Crippen LogP contribution in [-0.2, 0) is 4.79 Å². The fraction of sp³-hybridized carbons (Fsp3) is 0.917. The van der Waals surface area contributed by atoms with Gasteiger partial charge in [-0.05, 0) is 38.4 Å². The second-order valence-corrected chi connectivity index (χ2v) is 4.77. The van der Waals surface area contributed by atoms with Gasteiger partial charge in [0.05, 0.1) is 0 Å². The van der Waals surface area contributed by atoms with Crippen LogP contribution in [0.4, 0.5) is 0 Å². The molecule has 2 atom stereocenters. The minimum Gasteiger partial charge on any atom is -0.356 e. The Kier molecular flexibility index (Phi) is 5.77. The van der Waals surface area contributed by atoms with Gasteiger partial charge in [0, 0.05) is 19.0 Å². The number of carbonyl (C=O) groups excluding carboxylic acids is 1. The summed E-state index contributed by atoms with van der Waals surface area (Å²) < 4.78 is 0. The Hall–Kier alpha value is -0.610. The highest BCUT2D eigenvalue weighted by Crippen LogP contribution is 2.14. The Labute approximate surface area is 98.6 Å². The zero-order chi connectivity index (χ0) is 12.0. The van der Waals surface area contributed by atoms with E-state index in [-0.39, 0.29) is 11.8 Å². The number of nitrogens with one attached hydrogen (secondary N) is 1. The largest absolute Gasteiger partial charge is 0.356 e. The second kappa shape index (κ2) is 6.86. The van der Waals surface area contributed by atoms with E-state index in [2.05, 4.69) is 17.1 Å². The van der Waals surface area contributed by atoms with E-state index >= 15 is 0 Å². The number of rotatable bonds is 6. The third kappa shape index (κ3) is 4.10. The smallest absolute Gasteiger partial charge is 0.222 e. The van der Waals surface area contributed by atoms with Crippen LogP contribution in [-0.4, -0.2) is 43.5 Å². The molecule has 0 aliphatic carbocycles. The highest BCUT2D eigenvalue weighted by atomic mass is 16.1. The van der Waals surface area contributed by atoms with E-state index in [1.54, 1.807) is 0 Å². The zero-order valence-electron chi connectivity index (χ0n) is 10.5. The number of hydrogen-bond acceptors (Lipinski definition) is 3. The molecule has 4 heteroatoms. The van der Waals surface area contributed by atoms with Crippen molar-refractivity contribution in [2.45, 2.75) is 26.7 Å². The summed E-state index contributed by atoms with van der Waals surface area (Å²) in [4.78, 5) is 14.1. The van der Waals surface area contributed by atoms with Crippen molar-refractivity contribution in [1.82, 2.24) is 10.2 Å². The predicted octanol–water partition coefficient (Wildman–Crippen LogP) is 0.429. The van der Waals surface area contributed by atoms with Crippen molar-refractivity contribution < 1.29 is 4.79 Å². The van der Waals surface area contributed by atoms with E-state index < -0.39 is 0 Å². The molecular formula is C12H25N3O. The van der Waals surface area contributed by atoms with Crippen LogP contribution < -0.4 is 11.1 Å². The monoisotopic (exact) mass is 227 g/mol. The molecule has 1 fully saturated rings. The summed E-state index contributed by atoms with van der Waals surface area (Å²) in [5, 5.41) is 3.03. The van der Waals surface area contributed by atoms with Gasteiger partial charge in [0.25, 0.3) is 0 Å². The Morgan fingerprint density at radius 2 is 2.38 bits per heavy atom. The summed E-state index contributed by atoms with van der Waals surface area (Å²) in [5.41, 5.74) is 5.44. The summed E-state index contributed by atoms with van der Waals surface area (Å²) in [6.07, 6.45) is 1.98. The maximum atomic E-state index is 11.7. The lowest BCUT2D eigenvalue weighted by Gasteiger charge is -2.15. The number of amides is 1. The standard InChI is InChI=1S/C12H25N3O/c1-3-15-7-5-11(9-15)8-14-12(16)10(2)4-6-13/h10-11H,3-9,13H2,1-2H3,(H,14,16). The average molecular weight is 227 g/mol. The third-order valence-corrected chi connectivity index (χ3v) is 3.43. The van der Waals surface area contributed by atoms with Gasteiger partial charge >= 0.3 is 0 Å². The lowest BCUT2D eigenvalue weighted by molar-refractivity contribution is -0.124. The molecule has 4 nitrogen and oxygen atoms in total. The Morgan fingerprint density at radius 1 is 1.62 bits per heavy atom. The van der Waals surface area contributed by atoms with E-state index in [1.807, 2.05) is 6.92 Å². The first-order chi connectivity index (χ1) is 7.67. The number of likely N-dealkylation sites (tertiary alicyclic amines) is 1. The molecule has 2 unspecified atom stereocenters. The molecule has 0 aromatic rings. The van der Waals surface area contributed by atoms with Gasteiger partial charge in [0.15, 0.2) is 0 Å². The molecule has 1 aliphatic heterocycles. The maximum Gasteiger partial charge on any atom is 0.222 e. The van der Waals surface area contributed by atoms with Gasteiger partial charge in [-0.3, -0.25) is 4.79 Å². The number of hydrogen-bond donors (Lipinski definition) is 2. The summed E-state index contributed by atoms with van der Waals surface area (Å²) in [5.74, 6) is 0.836. The van der Waals surface area contributed by atoms with Gasteiger partial charge in [0.1, 0.15) is 0 Å². The molecule has 1 saturated heterocycles. The fourth-order valence-corrected chi connectivity index (χ4v) is 2.17. The molecule has 1 rings (SSSR count). The lowest BCUT2D eigenvalue weighted by Crippen LogP contribution is -2.35. The van der Waals surface area contributed by atoms with Crippen LogP contribution in [0.5, 0.6) is 0 Å². The normalized spacial score (nSPS) is 23.3. The topological polar surface area (TPSA) is 58.4 Å². The van der Waals surface area contributed by atoms with Gasteiger partial charge in [-0.25, -0.2) is 0 Å². The van der Waals surface area contributed by atoms with Gasteiger partial charge in [-0.15, -0.1) is 0 Å². The third-order valence-electron chi connectivity index (χ3n) is 3.43. The van der Waals surface area contributed by atoms with Crippen molar-refractivity contribution in [2.24, 2.45) is 17.6 Å². The maximum absolute atomic E-state index is 11.7. The molecule has 0 spiro atoms. The number of carbonyl (C=O) groups is 1. The average Bonchev–Trinajstić information content (AvgIpc) is 2.74. The Bertz CT molecular complexity index is 220. The van der Waals surface area contributed by atoms with Crippen molar-refractivity contribution in [3.8, 4) is 0 Å². The summed E-state index contributed by atoms with van der Waals surface area (Å²) in [6, 6.07) is 0. The molecule has 0 aromatic carbocycles. The van der Waals surface area contributed by atoms with Crippen LogP contribution in [0.3, 0.4) is 0 Å². The first kappa shape index (κ1) is 13.5. The van der Waals surface area contributed by atoms with Crippen LogP contribution in [0.2, 0.25) is 0 Å². The lowest BCUT2D eigenvalue weighted by atomic mass is 10.1. The Morgan fingerprint density at radius 3 is 2.94 bits per heavy atom. The zero-order valence-corrected chi connectivity index (χ0v) is 10.5. The first-order valence-corrected chi connectivity index (χ1v) is 6.37. The predicted molar refractivity (Wildman–Crippen MR) is 66.1 cm³/mol. The Balaban J connectivity index is 2.17. The van der Waals surface area contributed by atoms with Crippen molar-refractivity contribution in [1.29, 1.82) is 0 Å². The van der Waals surface area contributed by atoms with E-state index in [9.17, 15) is 4.79 Å². The van der Waals surface area contributed by atoms with Crippen LogP contribution in [0, 0.1) is 11.8 Å². The molecule has 0 radical (unpaired) electrons. The van der Waals surface area contributed by atoms with Gasteiger partial charge in [0.2, 0.25) is 5.91 Å². The first-order valence-electron chi connectivity index (χ1n) is 6.37. The molecule has 0 aromatic heterocycles. The van der Waals surface area contributed by atoms with Crippen molar-refractivity contribution in [2.75, 3.05) is 32.7 Å². The van der Waals surface area contributed by atoms with Crippen LogP contribution >= 0.6 is 0 Å². The van der Waals surface area contributed by atoms with Crippen LogP contribution in [0.25, 0.3) is 0 Å². The van der Waals surface area contributed by atoms with Gasteiger partial charge in [-0.2, -0.15) is 0 Å². The van der Waals surface area contributed by atoms with Crippen LogP contribution in [0.1, 0.15) is 26.7 Å². The minimum absolute atomic E-state index is 0.0497. The molecule has 0 bridgehead atoms. The van der Waals surface area contributed by atoms with Crippen molar-refractivity contribution in [3.05, 3.63) is 0 Å². The van der Waals surface area contributed by atoms with E-state index in [4.69, 9.17) is 5.73 Å². The molecule has 0 saturated carbocycles.